The van der Waals surface area contributed by atoms with Crippen molar-refractivity contribution in [3.8, 4) is 5.75 Å². The molecule has 0 aliphatic carbocycles. The molecule has 0 saturated heterocycles. The number of aromatic nitrogens is 1. The van der Waals surface area contributed by atoms with Gasteiger partial charge >= 0.3 is 0 Å². The second-order valence-corrected chi connectivity index (χ2v) is 5.21. The van der Waals surface area contributed by atoms with Crippen molar-refractivity contribution in [2.45, 2.75) is 33.8 Å². The number of benzene rings is 1. The van der Waals surface area contributed by atoms with Crippen molar-refractivity contribution < 1.29 is 9.84 Å². The summed E-state index contributed by atoms with van der Waals surface area (Å²) in [4.78, 5) is 4.42. The molecule has 0 fully saturated rings. The van der Waals surface area contributed by atoms with Gasteiger partial charge in [0.25, 0.3) is 0 Å². The van der Waals surface area contributed by atoms with Crippen LogP contribution in [0.4, 0.5) is 0 Å². The minimum Gasteiger partial charge on any atom is -0.496 e. The molecule has 0 saturated carbocycles. The molecule has 0 radical (unpaired) electrons. The van der Waals surface area contributed by atoms with E-state index < -0.39 is 6.10 Å². The maximum absolute atomic E-state index is 10.7. The third-order valence-electron chi connectivity index (χ3n) is 3.64. The predicted octanol–water partition coefficient (Wildman–Crippen LogP) is 3.41. The number of aliphatic hydroxyl groups is 1. The molecular formula is C17H21NO2. The van der Waals surface area contributed by atoms with Gasteiger partial charge in [0.1, 0.15) is 11.9 Å². The van der Waals surface area contributed by atoms with Crippen molar-refractivity contribution >= 4 is 0 Å². The number of methoxy groups -OCH3 is 1. The maximum atomic E-state index is 10.7. The molecule has 106 valence electrons. The van der Waals surface area contributed by atoms with Crippen molar-refractivity contribution in [3.63, 3.8) is 0 Å². The lowest BCUT2D eigenvalue weighted by atomic mass is 9.94. The molecule has 1 N–H and O–H groups in total. The summed E-state index contributed by atoms with van der Waals surface area (Å²) in [5.74, 6) is 0.845. The Bertz CT molecular complexity index is 635. The van der Waals surface area contributed by atoms with Gasteiger partial charge in [0.15, 0.2) is 0 Å². The Labute approximate surface area is 120 Å². The number of pyridine rings is 1. The molecule has 20 heavy (non-hydrogen) atoms. The third-order valence-corrected chi connectivity index (χ3v) is 3.64. The fourth-order valence-electron chi connectivity index (χ4n) is 2.48. The molecule has 1 atom stereocenters. The molecule has 0 aliphatic heterocycles. The summed E-state index contributed by atoms with van der Waals surface area (Å²) in [6.45, 7) is 7.84. The molecule has 0 bridgehead atoms. The van der Waals surface area contributed by atoms with Crippen LogP contribution in [0.3, 0.4) is 0 Å². The SMILES string of the molecule is COc1cc(C)c(C(O)c2ccc(C)nc2C)cc1C. The van der Waals surface area contributed by atoms with Crippen LogP contribution in [0.25, 0.3) is 0 Å². The van der Waals surface area contributed by atoms with E-state index in [1.54, 1.807) is 7.11 Å². The minimum absolute atomic E-state index is 0.660. The molecule has 0 spiro atoms. The van der Waals surface area contributed by atoms with Gasteiger partial charge in [-0.3, -0.25) is 4.98 Å². The van der Waals surface area contributed by atoms with Crippen LogP contribution in [0.5, 0.6) is 5.75 Å². The van der Waals surface area contributed by atoms with Crippen LogP contribution in [0.2, 0.25) is 0 Å². The third kappa shape index (κ3) is 2.68. The van der Waals surface area contributed by atoms with E-state index in [1.807, 2.05) is 52.0 Å². The van der Waals surface area contributed by atoms with Crippen LogP contribution in [0, 0.1) is 27.7 Å². The fraction of sp³-hybridized carbons (Fsp3) is 0.353. The predicted molar refractivity (Wildman–Crippen MR) is 80.2 cm³/mol. The maximum Gasteiger partial charge on any atom is 0.122 e. The van der Waals surface area contributed by atoms with E-state index in [-0.39, 0.29) is 0 Å². The van der Waals surface area contributed by atoms with Crippen molar-refractivity contribution in [1.82, 2.24) is 4.98 Å². The van der Waals surface area contributed by atoms with Gasteiger partial charge in [0.05, 0.1) is 7.11 Å². The highest BCUT2D eigenvalue weighted by Crippen LogP contribution is 2.31. The first-order valence-electron chi connectivity index (χ1n) is 6.71. The van der Waals surface area contributed by atoms with E-state index in [2.05, 4.69) is 4.98 Å². The second-order valence-electron chi connectivity index (χ2n) is 5.21. The Kier molecular flexibility index (Phi) is 4.09. The van der Waals surface area contributed by atoms with Crippen LogP contribution in [-0.2, 0) is 0 Å². The summed E-state index contributed by atoms with van der Waals surface area (Å²) < 4.78 is 5.31. The molecule has 1 aromatic heterocycles. The van der Waals surface area contributed by atoms with Gasteiger partial charge in [-0.05, 0) is 62.6 Å². The van der Waals surface area contributed by atoms with E-state index in [0.717, 1.165) is 39.4 Å². The molecular weight excluding hydrogens is 250 g/mol. The topological polar surface area (TPSA) is 42.4 Å². The van der Waals surface area contributed by atoms with Crippen molar-refractivity contribution in [3.05, 3.63) is 57.9 Å². The Balaban J connectivity index is 2.48. The molecule has 2 rings (SSSR count). The average Bonchev–Trinajstić information content (AvgIpc) is 2.40. The number of hydrogen-bond donors (Lipinski definition) is 1. The van der Waals surface area contributed by atoms with E-state index in [1.165, 1.54) is 0 Å². The lowest BCUT2D eigenvalue weighted by Crippen LogP contribution is -2.06. The zero-order valence-electron chi connectivity index (χ0n) is 12.7. The van der Waals surface area contributed by atoms with Crippen LogP contribution in [-0.4, -0.2) is 17.2 Å². The number of rotatable bonds is 3. The fourth-order valence-corrected chi connectivity index (χ4v) is 2.48. The summed E-state index contributed by atoms with van der Waals surface area (Å²) in [7, 11) is 1.66. The second kappa shape index (κ2) is 5.63. The van der Waals surface area contributed by atoms with Crippen molar-refractivity contribution in [2.24, 2.45) is 0 Å². The van der Waals surface area contributed by atoms with Gasteiger partial charge < -0.3 is 9.84 Å². The molecule has 1 aromatic carbocycles. The van der Waals surface area contributed by atoms with Crippen LogP contribution in [0.15, 0.2) is 24.3 Å². The summed E-state index contributed by atoms with van der Waals surface area (Å²) in [5.41, 5.74) is 5.61. The molecule has 1 unspecified atom stereocenters. The van der Waals surface area contributed by atoms with E-state index in [0.29, 0.717) is 0 Å². The average molecular weight is 271 g/mol. The van der Waals surface area contributed by atoms with Crippen molar-refractivity contribution in [2.75, 3.05) is 7.11 Å². The van der Waals surface area contributed by atoms with Gasteiger partial charge in [-0.25, -0.2) is 0 Å². The summed E-state index contributed by atoms with van der Waals surface area (Å²) in [5, 5.41) is 10.7. The van der Waals surface area contributed by atoms with E-state index in [9.17, 15) is 5.11 Å². The van der Waals surface area contributed by atoms with E-state index >= 15 is 0 Å². The largest absolute Gasteiger partial charge is 0.496 e. The summed E-state index contributed by atoms with van der Waals surface area (Å²) in [6.07, 6.45) is -0.660. The normalized spacial score (nSPS) is 12.3. The van der Waals surface area contributed by atoms with Gasteiger partial charge in [-0.1, -0.05) is 6.07 Å². The summed E-state index contributed by atoms with van der Waals surface area (Å²) >= 11 is 0. The lowest BCUT2D eigenvalue weighted by molar-refractivity contribution is 0.218. The van der Waals surface area contributed by atoms with Crippen LogP contribution in [0.1, 0.15) is 39.7 Å². The first-order valence-corrected chi connectivity index (χ1v) is 6.71. The Morgan fingerprint density at radius 2 is 1.70 bits per heavy atom. The summed E-state index contributed by atoms with van der Waals surface area (Å²) in [6, 6.07) is 7.82. The Hall–Kier alpha value is -1.87. The van der Waals surface area contributed by atoms with Crippen LogP contribution >= 0.6 is 0 Å². The first kappa shape index (κ1) is 14.5. The molecule has 0 amide bonds. The number of hydrogen-bond acceptors (Lipinski definition) is 3. The molecule has 2 aromatic rings. The highest BCUT2D eigenvalue weighted by molar-refractivity contribution is 5.45. The number of aryl methyl sites for hydroxylation is 4. The van der Waals surface area contributed by atoms with Gasteiger partial charge in [0.2, 0.25) is 0 Å². The highest BCUT2D eigenvalue weighted by Gasteiger charge is 2.17. The lowest BCUT2D eigenvalue weighted by Gasteiger charge is -2.18. The van der Waals surface area contributed by atoms with Gasteiger partial charge in [-0.15, -0.1) is 0 Å². The van der Waals surface area contributed by atoms with Gasteiger partial charge in [-0.2, -0.15) is 0 Å². The van der Waals surface area contributed by atoms with E-state index in [4.69, 9.17) is 4.74 Å². The Morgan fingerprint density at radius 3 is 2.30 bits per heavy atom. The standard InChI is InChI=1S/C17H21NO2/c1-10-9-16(20-5)11(2)8-15(10)17(19)14-7-6-12(3)18-13(14)4/h6-9,17,19H,1-5H3. The van der Waals surface area contributed by atoms with Crippen molar-refractivity contribution in [1.29, 1.82) is 0 Å². The Morgan fingerprint density at radius 1 is 1.00 bits per heavy atom. The zero-order chi connectivity index (χ0) is 14.9. The molecule has 3 nitrogen and oxygen atoms in total. The first-order chi connectivity index (χ1) is 9.43. The van der Waals surface area contributed by atoms with Gasteiger partial charge in [0, 0.05) is 17.0 Å². The minimum atomic E-state index is -0.660. The van der Waals surface area contributed by atoms with Crippen LogP contribution < -0.4 is 4.74 Å². The number of aliphatic hydroxyl groups excluding tert-OH is 1. The quantitative estimate of drug-likeness (QED) is 0.930. The monoisotopic (exact) mass is 271 g/mol. The molecule has 3 heteroatoms. The zero-order valence-corrected chi connectivity index (χ0v) is 12.7. The highest BCUT2D eigenvalue weighted by atomic mass is 16.5. The molecule has 0 aliphatic rings. The number of nitrogens with zero attached hydrogens (tertiary/aromatic N) is 1. The number of ether oxygens (including phenoxy) is 1. The smallest absolute Gasteiger partial charge is 0.122 e. The molecule has 1 heterocycles.